The molecule has 0 bridgehead atoms. The molecule has 1 aromatic rings. The zero-order valence-electron chi connectivity index (χ0n) is 5.83. The van der Waals surface area contributed by atoms with E-state index >= 15 is 0 Å². The normalized spacial score (nSPS) is 8.80. The molecule has 10 heavy (non-hydrogen) atoms. The Balaban J connectivity index is 2.87. The number of nitrogens with zero attached hydrogens (tertiary/aromatic N) is 2. The molecule has 0 atom stereocenters. The molecular weight excluding hydrogens is 124 g/mol. The predicted molar refractivity (Wildman–Crippen MR) is 39.3 cm³/mol. The highest BCUT2D eigenvalue weighted by molar-refractivity contribution is 5.14. The average molecular weight is 132 g/mol. The number of aromatic nitrogens is 1. The van der Waals surface area contributed by atoms with Gasteiger partial charge in [0.1, 0.15) is 5.69 Å². The maximum atomic E-state index is 6.60. The summed E-state index contributed by atoms with van der Waals surface area (Å²) in [5.74, 6) is 0. The molecule has 2 nitrogen and oxygen atoms in total. The van der Waals surface area contributed by atoms with Gasteiger partial charge in [0, 0.05) is 6.20 Å². The second-order valence-corrected chi connectivity index (χ2v) is 2.14. The lowest BCUT2D eigenvalue weighted by Gasteiger charge is -1.91. The van der Waals surface area contributed by atoms with Crippen molar-refractivity contribution in [3.63, 3.8) is 0 Å². The zero-order chi connectivity index (χ0) is 7.40. The molecule has 0 unspecified atom stereocenters. The minimum atomic E-state index is 0.391. The Morgan fingerprint density at radius 2 is 2.50 bits per heavy atom. The van der Waals surface area contributed by atoms with E-state index in [0.717, 1.165) is 11.3 Å². The van der Waals surface area contributed by atoms with E-state index in [9.17, 15) is 0 Å². The van der Waals surface area contributed by atoms with Crippen LogP contribution in [0.25, 0.3) is 4.85 Å². The first kappa shape index (κ1) is 6.76. The van der Waals surface area contributed by atoms with Crippen LogP contribution in [0.5, 0.6) is 0 Å². The van der Waals surface area contributed by atoms with Gasteiger partial charge in [0.2, 0.25) is 0 Å². The van der Waals surface area contributed by atoms with Gasteiger partial charge < -0.3 is 4.85 Å². The molecule has 0 amide bonds. The Hall–Kier alpha value is -1.36. The third-order valence-electron chi connectivity index (χ3n) is 1.21. The van der Waals surface area contributed by atoms with Crippen LogP contribution in [-0.4, -0.2) is 4.98 Å². The van der Waals surface area contributed by atoms with Crippen LogP contribution in [0, 0.1) is 13.5 Å². The van der Waals surface area contributed by atoms with Crippen LogP contribution in [0.2, 0.25) is 0 Å². The summed E-state index contributed by atoms with van der Waals surface area (Å²) in [5.41, 5.74) is 2.02. The standard InChI is InChI=1S/C8H8N2/c1-7-3-4-10-8(5-7)6-9-2/h3-5H,6H2,1H3. The van der Waals surface area contributed by atoms with Gasteiger partial charge in [-0.3, -0.25) is 4.98 Å². The molecule has 0 radical (unpaired) electrons. The van der Waals surface area contributed by atoms with Crippen molar-refractivity contribution in [3.05, 3.63) is 41.0 Å². The smallest absolute Gasteiger partial charge is 0.256 e. The molecule has 0 saturated carbocycles. The van der Waals surface area contributed by atoms with Crippen LogP contribution in [0.3, 0.4) is 0 Å². The van der Waals surface area contributed by atoms with E-state index in [-0.39, 0.29) is 0 Å². The topological polar surface area (TPSA) is 17.2 Å². The molecule has 2 heteroatoms. The molecule has 0 N–H and O–H groups in total. The van der Waals surface area contributed by atoms with Crippen molar-refractivity contribution in [2.24, 2.45) is 0 Å². The molecule has 1 rings (SSSR count). The maximum absolute atomic E-state index is 6.60. The van der Waals surface area contributed by atoms with Gasteiger partial charge >= 0.3 is 0 Å². The molecule has 1 heterocycles. The lowest BCUT2D eigenvalue weighted by Crippen LogP contribution is -1.85. The van der Waals surface area contributed by atoms with E-state index in [0.29, 0.717) is 6.54 Å². The van der Waals surface area contributed by atoms with E-state index in [4.69, 9.17) is 6.57 Å². The van der Waals surface area contributed by atoms with Crippen LogP contribution >= 0.6 is 0 Å². The summed E-state index contributed by atoms with van der Waals surface area (Å²) in [4.78, 5) is 7.25. The Morgan fingerprint density at radius 1 is 1.70 bits per heavy atom. The summed E-state index contributed by atoms with van der Waals surface area (Å²) in [6, 6.07) is 3.85. The molecule has 1 aromatic heterocycles. The minimum Gasteiger partial charge on any atom is -0.310 e. The average Bonchev–Trinajstić information content (AvgIpc) is 1.88. The lowest BCUT2D eigenvalue weighted by atomic mass is 10.2. The Kier molecular flexibility index (Phi) is 2.01. The molecule has 50 valence electrons. The SMILES string of the molecule is [C-]#[N+]Cc1cc(C)ccn1. The van der Waals surface area contributed by atoms with Gasteiger partial charge in [-0.15, -0.1) is 0 Å². The molecule has 0 aliphatic heterocycles. The van der Waals surface area contributed by atoms with Crippen LogP contribution < -0.4 is 0 Å². The summed E-state index contributed by atoms with van der Waals surface area (Å²) in [7, 11) is 0. The first-order chi connectivity index (χ1) is 4.83. The highest BCUT2D eigenvalue weighted by atomic mass is 14.7. The summed E-state index contributed by atoms with van der Waals surface area (Å²) >= 11 is 0. The summed E-state index contributed by atoms with van der Waals surface area (Å²) in [5, 5.41) is 0. The molecule has 0 aliphatic carbocycles. The second-order valence-electron chi connectivity index (χ2n) is 2.14. The van der Waals surface area contributed by atoms with Gasteiger partial charge in [-0.2, -0.15) is 0 Å². The first-order valence-corrected chi connectivity index (χ1v) is 3.07. The lowest BCUT2D eigenvalue weighted by molar-refractivity contribution is 1.09. The van der Waals surface area contributed by atoms with E-state index in [1.165, 1.54) is 0 Å². The van der Waals surface area contributed by atoms with Crippen molar-refractivity contribution in [1.82, 2.24) is 4.98 Å². The third-order valence-corrected chi connectivity index (χ3v) is 1.21. The maximum Gasteiger partial charge on any atom is 0.256 e. The predicted octanol–water partition coefficient (Wildman–Crippen LogP) is 1.81. The molecule has 0 spiro atoms. The molecule has 0 aromatic carbocycles. The van der Waals surface area contributed by atoms with Crippen molar-refractivity contribution in [1.29, 1.82) is 0 Å². The number of aryl methyl sites for hydroxylation is 1. The highest BCUT2D eigenvalue weighted by Gasteiger charge is 1.94. The zero-order valence-corrected chi connectivity index (χ0v) is 5.83. The fraction of sp³-hybridized carbons (Fsp3) is 0.250. The number of pyridine rings is 1. The quantitative estimate of drug-likeness (QED) is 0.532. The van der Waals surface area contributed by atoms with Gasteiger partial charge in [-0.25, -0.2) is 6.57 Å². The van der Waals surface area contributed by atoms with Gasteiger partial charge in [0.05, 0.1) is 0 Å². The van der Waals surface area contributed by atoms with Crippen molar-refractivity contribution >= 4 is 0 Å². The fourth-order valence-electron chi connectivity index (χ4n) is 0.766. The summed E-state index contributed by atoms with van der Waals surface area (Å²) in [6.07, 6.45) is 1.73. The van der Waals surface area contributed by atoms with Gasteiger partial charge in [-0.05, 0) is 24.6 Å². The molecule has 0 saturated heterocycles. The number of rotatable bonds is 1. The van der Waals surface area contributed by atoms with Crippen LogP contribution in [-0.2, 0) is 6.54 Å². The van der Waals surface area contributed by atoms with E-state index < -0.39 is 0 Å². The molecule has 0 fully saturated rings. The monoisotopic (exact) mass is 132 g/mol. The van der Waals surface area contributed by atoms with Crippen molar-refractivity contribution < 1.29 is 0 Å². The third kappa shape index (κ3) is 1.56. The Labute approximate surface area is 60.3 Å². The minimum absolute atomic E-state index is 0.391. The largest absolute Gasteiger partial charge is 0.310 e. The van der Waals surface area contributed by atoms with Gasteiger partial charge in [0.15, 0.2) is 0 Å². The summed E-state index contributed by atoms with van der Waals surface area (Å²) in [6.45, 7) is 8.98. The second kappa shape index (κ2) is 2.98. The first-order valence-electron chi connectivity index (χ1n) is 3.07. The van der Waals surface area contributed by atoms with Crippen LogP contribution in [0.1, 0.15) is 11.3 Å². The molecular formula is C8H8N2. The van der Waals surface area contributed by atoms with Gasteiger partial charge in [-0.1, -0.05) is 0 Å². The van der Waals surface area contributed by atoms with E-state index in [2.05, 4.69) is 9.83 Å². The highest BCUT2D eigenvalue weighted by Crippen LogP contribution is 2.00. The van der Waals surface area contributed by atoms with Crippen LogP contribution in [0.15, 0.2) is 18.3 Å². The Bertz CT molecular complexity index is 260. The van der Waals surface area contributed by atoms with Crippen molar-refractivity contribution in [3.8, 4) is 0 Å². The Morgan fingerprint density at radius 3 is 3.10 bits per heavy atom. The van der Waals surface area contributed by atoms with E-state index in [1.54, 1.807) is 6.20 Å². The fourth-order valence-corrected chi connectivity index (χ4v) is 0.766. The number of hydrogen-bond donors (Lipinski definition) is 0. The van der Waals surface area contributed by atoms with Crippen molar-refractivity contribution in [2.75, 3.05) is 0 Å². The van der Waals surface area contributed by atoms with Crippen LogP contribution in [0.4, 0.5) is 0 Å². The van der Waals surface area contributed by atoms with Gasteiger partial charge in [0.25, 0.3) is 6.54 Å². The number of hydrogen-bond acceptors (Lipinski definition) is 1. The van der Waals surface area contributed by atoms with Crippen molar-refractivity contribution in [2.45, 2.75) is 13.5 Å². The van der Waals surface area contributed by atoms with E-state index in [1.807, 2.05) is 19.1 Å². The molecule has 0 aliphatic rings. The summed E-state index contributed by atoms with van der Waals surface area (Å²) < 4.78 is 0.